The van der Waals surface area contributed by atoms with Crippen LogP contribution in [0, 0.1) is 0 Å². The first-order valence-corrected chi connectivity index (χ1v) is 16.2. The predicted molar refractivity (Wildman–Crippen MR) is 192 cm³/mol. The zero-order valence-corrected chi connectivity index (χ0v) is 25.7. The highest BCUT2D eigenvalue weighted by molar-refractivity contribution is 7.99. The Bertz CT molecular complexity index is 2380. The number of para-hydroxylation sites is 1. The third-order valence-corrected chi connectivity index (χ3v) is 9.80. The third-order valence-electron chi connectivity index (χ3n) is 8.63. The summed E-state index contributed by atoms with van der Waals surface area (Å²) in [6, 6.07) is 53.3. The van der Waals surface area contributed by atoms with Crippen LogP contribution in [0.15, 0.2) is 161 Å². The van der Waals surface area contributed by atoms with Crippen molar-refractivity contribution in [3.63, 3.8) is 0 Å². The van der Waals surface area contributed by atoms with E-state index < -0.39 is 0 Å². The molecule has 0 atom stereocenters. The van der Waals surface area contributed by atoms with E-state index >= 15 is 0 Å². The number of benzene rings is 6. The summed E-state index contributed by atoms with van der Waals surface area (Å²) >= 11 is 1.84. The Morgan fingerprint density at radius 2 is 1.17 bits per heavy atom. The quantitative estimate of drug-likeness (QED) is 0.200. The summed E-state index contributed by atoms with van der Waals surface area (Å²) in [5.41, 5.74) is 10.9. The molecule has 4 heteroatoms. The summed E-state index contributed by atoms with van der Waals surface area (Å²) < 4.78 is 2.39. The maximum absolute atomic E-state index is 5.10. The summed E-state index contributed by atoms with van der Waals surface area (Å²) in [4.78, 5) is 12.6. The molecular weight excluding hydrogens is 579 g/mol. The molecule has 0 fully saturated rings. The molecule has 0 saturated heterocycles. The first-order valence-electron chi connectivity index (χ1n) is 15.4. The Kier molecular flexibility index (Phi) is 6.39. The lowest BCUT2D eigenvalue weighted by molar-refractivity contribution is 1.16. The summed E-state index contributed by atoms with van der Waals surface area (Å²) in [7, 11) is 0. The van der Waals surface area contributed by atoms with Gasteiger partial charge in [-0.3, -0.25) is 0 Å². The zero-order valence-electron chi connectivity index (χ0n) is 24.8. The van der Waals surface area contributed by atoms with Gasteiger partial charge in [-0.05, 0) is 53.6 Å². The highest BCUT2D eigenvalue weighted by Gasteiger charge is 2.20. The van der Waals surface area contributed by atoms with Crippen molar-refractivity contribution in [3.8, 4) is 39.6 Å². The molecule has 3 nitrogen and oxygen atoms in total. The molecule has 0 unspecified atom stereocenters. The Labute approximate surface area is 271 Å². The van der Waals surface area contributed by atoms with Gasteiger partial charge in [0.2, 0.25) is 0 Å². The van der Waals surface area contributed by atoms with Crippen molar-refractivity contribution in [1.29, 1.82) is 0 Å². The molecule has 1 aliphatic rings. The van der Waals surface area contributed by atoms with Gasteiger partial charge in [0, 0.05) is 42.9 Å². The Balaban J connectivity index is 1.24. The Hall–Kier alpha value is -5.71. The zero-order chi connectivity index (χ0) is 30.5. The number of rotatable bonds is 4. The lowest BCUT2D eigenvalue weighted by atomic mass is 10.0. The summed E-state index contributed by atoms with van der Waals surface area (Å²) in [5.74, 6) is 0.715. The third kappa shape index (κ3) is 4.54. The van der Waals surface area contributed by atoms with Crippen molar-refractivity contribution in [2.24, 2.45) is 0 Å². The minimum atomic E-state index is 0.715. The number of hydrogen-bond donors (Lipinski definition) is 0. The Morgan fingerprint density at radius 1 is 0.478 bits per heavy atom. The molecule has 0 radical (unpaired) electrons. The van der Waals surface area contributed by atoms with Crippen LogP contribution < -0.4 is 0 Å². The number of aromatic nitrogens is 3. The van der Waals surface area contributed by atoms with Crippen molar-refractivity contribution in [2.45, 2.75) is 9.79 Å². The lowest BCUT2D eigenvalue weighted by Crippen LogP contribution is -1.98. The molecule has 1 aliphatic heterocycles. The maximum Gasteiger partial charge on any atom is 0.160 e. The molecule has 0 N–H and O–H groups in total. The van der Waals surface area contributed by atoms with Crippen LogP contribution in [0.1, 0.15) is 11.1 Å². The van der Waals surface area contributed by atoms with E-state index in [4.69, 9.17) is 9.97 Å². The predicted octanol–water partition coefficient (Wildman–Crippen LogP) is 11.2. The minimum Gasteiger partial charge on any atom is -0.309 e. The summed E-state index contributed by atoms with van der Waals surface area (Å²) in [6.07, 6.45) is 4.55. The second-order valence-corrected chi connectivity index (χ2v) is 12.5. The molecule has 0 aliphatic carbocycles. The molecule has 8 aromatic rings. The van der Waals surface area contributed by atoms with Gasteiger partial charge < -0.3 is 4.57 Å². The minimum absolute atomic E-state index is 0.715. The number of hydrogen-bond acceptors (Lipinski definition) is 3. The van der Waals surface area contributed by atoms with E-state index in [1.54, 1.807) is 0 Å². The monoisotopic (exact) mass is 605 g/mol. The number of fused-ring (bicyclic) bond motifs is 6. The fourth-order valence-electron chi connectivity index (χ4n) is 6.48. The highest BCUT2D eigenvalue weighted by Crippen LogP contribution is 2.44. The van der Waals surface area contributed by atoms with E-state index in [-0.39, 0.29) is 0 Å². The maximum atomic E-state index is 5.10. The van der Waals surface area contributed by atoms with Gasteiger partial charge in [-0.15, -0.1) is 0 Å². The van der Waals surface area contributed by atoms with Crippen LogP contribution in [-0.4, -0.2) is 14.5 Å². The lowest BCUT2D eigenvalue weighted by Gasteiger charge is -2.13. The van der Waals surface area contributed by atoms with E-state index in [0.717, 1.165) is 33.8 Å². The SMILES string of the molecule is C1=Cc2c(ccc3c2c2ccccc2n3-c2cccc(-c3cc(-c4ccccc4)nc(-c4ccccc4)n3)c2)Sc2ccccc21. The van der Waals surface area contributed by atoms with Crippen molar-refractivity contribution >= 4 is 45.7 Å². The first-order chi connectivity index (χ1) is 22.8. The molecular formula is C42H27N3S. The van der Waals surface area contributed by atoms with E-state index in [2.05, 4.69) is 144 Å². The standard InChI is InChI=1S/C42H27N3S/c1-3-12-28(13-4-1)35-27-36(44-42(43-35)30-15-5-2-6-16-30)31-17-11-18-32(26-31)45-37-20-9-8-19-33(37)41-34-23-22-29-14-7-10-21-39(29)46-40(34)25-24-38(41)45/h1-27H. The molecule has 6 aromatic carbocycles. The van der Waals surface area contributed by atoms with Gasteiger partial charge in [-0.1, -0.05) is 133 Å². The van der Waals surface area contributed by atoms with Gasteiger partial charge in [-0.25, -0.2) is 9.97 Å². The molecule has 0 bridgehead atoms. The Morgan fingerprint density at radius 3 is 2.02 bits per heavy atom. The van der Waals surface area contributed by atoms with Crippen LogP contribution >= 0.6 is 11.8 Å². The van der Waals surface area contributed by atoms with Crippen LogP contribution in [0.5, 0.6) is 0 Å². The largest absolute Gasteiger partial charge is 0.309 e. The van der Waals surface area contributed by atoms with Crippen LogP contribution in [0.25, 0.3) is 73.5 Å². The van der Waals surface area contributed by atoms with E-state index in [1.807, 2.05) is 36.0 Å². The van der Waals surface area contributed by atoms with E-state index in [9.17, 15) is 0 Å². The van der Waals surface area contributed by atoms with Gasteiger partial charge in [0.1, 0.15) is 0 Å². The van der Waals surface area contributed by atoms with Crippen LogP contribution in [0.2, 0.25) is 0 Å². The second-order valence-electron chi connectivity index (χ2n) is 11.4. The normalized spacial score (nSPS) is 12.2. The number of nitrogens with zero attached hydrogens (tertiary/aromatic N) is 3. The molecule has 0 spiro atoms. The van der Waals surface area contributed by atoms with Gasteiger partial charge in [0.25, 0.3) is 0 Å². The van der Waals surface area contributed by atoms with Crippen LogP contribution in [-0.2, 0) is 0 Å². The second kappa shape index (κ2) is 11.0. The molecule has 0 amide bonds. The van der Waals surface area contributed by atoms with E-state index in [0.29, 0.717) is 5.82 Å². The van der Waals surface area contributed by atoms with Crippen LogP contribution in [0.4, 0.5) is 0 Å². The van der Waals surface area contributed by atoms with Crippen LogP contribution in [0.3, 0.4) is 0 Å². The van der Waals surface area contributed by atoms with Crippen molar-refractivity contribution in [2.75, 3.05) is 0 Å². The topological polar surface area (TPSA) is 30.7 Å². The van der Waals surface area contributed by atoms with Gasteiger partial charge in [0.15, 0.2) is 5.82 Å². The average Bonchev–Trinajstić information content (AvgIpc) is 3.34. The molecule has 0 saturated carbocycles. The fraction of sp³-hybridized carbons (Fsp3) is 0. The van der Waals surface area contributed by atoms with Gasteiger partial charge >= 0.3 is 0 Å². The van der Waals surface area contributed by atoms with Crippen molar-refractivity contribution < 1.29 is 0 Å². The smallest absolute Gasteiger partial charge is 0.160 e. The molecule has 9 rings (SSSR count). The molecule has 46 heavy (non-hydrogen) atoms. The van der Waals surface area contributed by atoms with Crippen molar-refractivity contribution in [1.82, 2.24) is 14.5 Å². The summed E-state index contributed by atoms with van der Waals surface area (Å²) in [6.45, 7) is 0. The first kappa shape index (κ1) is 26.7. The molecule has 3 heterocycles. The van der Waals surface area contributed by atoms with Crippen molar-refractivity contribution in [3.05, 3.63) is 163 Å². The summed E-state index contributed by atoms with van der Waals surface area (Å²) in [5, 5.41) is 2.52. The van der Waals surface area contributed by atoms with E-state index in [1.165, 1.54) is 42.7 Å². The fourth-order valence-corrected chi connectivity index (χ4v) is 7.53. The molecule has 2 aromatic heterocycles. The molecule has 216 valence electrons. The highest BCUT2D eigenvalue weighted by atomic mass is 32.2. The van der Waals surface area contributed by atoms with Gasteiger partial charge in [-0.2, -0.15) is 0 Å². The average molecular weight is 606 g/mol. The van der Waals surface area contributed by atoms with Gasteiger partial charge in [0.05, 0.1) is 22.4 Å².